The molecule has 1 aliphatic rings. The zero-order chi connectivity index (χ0) is 18.7. The molecule has 7 nitrogen and oxygen atoms in total. The highest BCUT2D eigenvalue weighted by molar-refractivity contribution is 14.0. The summed E-state index contributed by atoms with van der Waals surface area (Å²) in [5, 5.41) is 14.8. The average Bonchev–Trinajstić information content (AvgIpc) is 3.03. The van der Waals surface area contributed by atoms with Crippen LogP contribution in [0.5, 0.6) is 0 Å². The van der Waals surface area contributed by atoms with Crippen molar-refractivity contribution in [2.75, 3.05) is 20.2 Å². The van der Waals surface area contributed by atoms with Crippen molar-refractivity contribution in [2.45, 2.75) is 51.2 Å². The molecule has 2 N–H and O–H groups in total. The van der Waals surface area contributed by atoms with E-state index in [-0.39, 0.29) is 24.0 Å². The Bertz CT molecular complexity index is 698. The number of nitrogens with one attached hydrogen (secondary N) is 2. The number of para-hydroxylation sites is 1. The van der Waals surface area contributed by atoms with E-state index in [0.717, 1.165) is 24.0 Å². The molecule has 0 unspecified atom stereocenters. The van der Waals surface area contributed by atoms with E-state index in [2.05, 4.69) is 25.8 Å². The number of aromatic nitrogens is 3. The van der Waals surface area contributed by atoms with Crippen molar-refractivity contribution in [2.24, 2.45) is 4.99 Å². The summed E-state index contributed by atoms with van der Waals surface area (Å²) in [4.78, 5) is 4.27. The lowest BCUT2D eigenvalue weighted by molar-refractivity contribution is 0.0468. The molecule has 8 heteroatoms. The van der Waals surface area contributed by atoms with E-state index in [4.69, 9.17) is 4.74 Å². The van der Waals surface area contributed by atoms with Crippen molar-refractivity contribution in [3.8, 4) is 5.69 Å². The standard InChI is InChI=1S/C20H30N6O.HI/c1-21-20(22-13-14-27-18-11-7-2-3-8-12-18)23-15-19-25-24-16-26(19)17-9-5-4-6-10-17;/h4-6,9-10,16,18H,2-3,7-8,11-15H2,1H3,(H2,21,22,23);1H. The van der Waals surface area contributed by atoms with Crippen LogP contribution in [0, 0.1) is 0 Å². The summed E-state index contributed by atoms with van der Waals surface area (Å²) in [5.74, 6) is 1.57. The third-order valence-corrected chi connectivity index (χ3v) is 4.84. The number of ether oxygens (including phenoxy) is 1. The minimum atomic E-state index is 0. The number of nitrogens with zero attached hydrogens (tertiary/aromatic N) is 4. The van der Waals surface area contributed by atoms with Crippen LogP contribution in [0.15, 0.2) is 41.7 Å². The van der Waals surface area contributed by atoms with Crippen LogP contribution in [-0.4, -0.2) is 47.0 Å². The van der Waals surface area contributed by atoms with Crippen LogP contribution in [0.2, 0.25) is 0 Å². The van der Waals surface area contributed by atoms with Gasteiger partial charge in [-0.05, 0) is 25.0 Å². The van der Waals surface area contributed by atoms with Gasteiger partial charge in [-0.1, -0.05) is 43.9 Å². The third kappa shape index (κ3) is 7.05. The molecule has 1 aromatic carbocycles. The van der Waals surface area contributed by atoms with Crippen molar-refractivity contribution in [3.63, 3.8) is 0 Å². The number of guanidine groups is 1. The number of hydrogen-bond donors (Lipinski definition) is 2. The number of aliphatic imine (C=N–C) groups is 1. The van der Waals surface area contributed by atoms with Crippen molar-refractivity contribution in [1.82, 2.24) is 25.4 Å². The molecule has 1 aliphatic carbocycles. The van der Waals surface area contributed by atoms with Gasteiger partial charge in [0.2, 0.25) is 0 Å². The van der Waals surface area contributed by atoms with Gasteiger partial charge in [0.05, 0.1) is 19.3 Å². The highest BCUT2D eigenvalue weighted by Crippen LogP contribution is 2.19. The van der Waals surface area contributed by atoms with E-state index in [1.165, 1.54) is 38.5 Å². The van der Waals surface area contributed by atoms with Crippen LogP contribution in [0.3, 0.4) is 0 Å². The van der Waals surface area contributed by atoms with Gasteiger partial charge in [0, 0.05) is 19.3 Å². The van der Waals surface area contributed by atoms with Gasteiger partial charge in [0.15, 0.2) is 11.8 Å². The summed E-state index contributed by atoms with van der Waals surface area (Å²) in [6.07, 6.45) is 9.83. The second-order valence-corrected chi connectivity index (χ2v) is 6.79. The third-order valence-electron chi connectivity index (χ3n) is 4.84. The molecule has 1 heterocycles. The molecule has 0 aliphatic heterocycles. The monoisotopic (exact) mass is 498 g/mol. The van der Waals surface area contributed by atoms with Crippen LogP contribution in [0.4, 0.5) is 0 Å². The summed E-state index contributed by atoms with van der Waals surface area (Å²) < 4.78 is 7.98. The lowest BCUT2D eigenvalue weighted by atomic mass is 10.1. The maximum atomic E-state index is 6.01. The van der Waals surface area contributed by atoms with Crippen LogP contribution < -0.4 is 10.6 Å². The van der Waals surface area contributed by atoms with E-state index in [1.807, 2.05) is 34.9 Å². The molecule has 0 atom stereocenters. The molecule has 0 bridgehead atoms. The molecular formula is C20H31IN6O. The fourth-order valence-corrected chi connectivity index (χ4v) is 3.37. The molecule has 1 aromatic heterocycles. The molecule has 2 aromatic rings. The zero-order valence-electron chi connectivity index (χ0n) is 16.5. The fourth-order valence-electron chi connectivity index (χ4n) is 3.37. The van der Waals surface area contributed by atoms with Gasteiger partial charge in [-0.15, -0.1) is 34.2 Å². The minimum Gasteiger partial charge on any atom is -0.376 e. The van der Waals surface area contributed by atoms with E-state index >= 15 is 0 Å². The molecule has 0 radical (unpaired) electrons. The van der Waals surface area contributed by atoms with E-state index in [9.17, 15) is 0 Å². The molecule has 154 valence electrons. The fraction of sp³-hybridized carbons (Fsp3) is 0.550. The van der Waals surface area contributed by atoms with Crippen molar-refractivity contribution in [1.29, 1.82) is 0 Å². The van der Waals surface area contributed by atoms with Gasteiger partial charge in [-0.2, -0.15) is 0 Å². The molecule has 0 saturated heterocycles. The number of hydrogen-bond acceptors (Lipinski definition) is 4. The van der Waals surface area contributed by atoms with Gasteiger partial charge in [-0.3, -0.25) is 9.56 Å². The van der Waals surface area contributed by atoms with Crippen molar-refractivity contribution < 1.29 is 4.74 Å². The lowest BCUT2D eigenvalue weighted by Gasteiger charge is -2.16. The summed E-state index contributed by atoms with van der Waals surface area (Å²) in [5.41, 5.74) is 1.04. The van der Waals surface area contributed by atoms with Crippen LogP contribution >= 0.6 is 24.0 Å². The average molecular weight is 498 g/mol. The Kier molecular flexibility index (Phi) is 10.3. The van der Waals surface area contributed by atoms with Crippen molar-refractivity contribution >= 4 is 29.9 Å². The number of benzene rings is 1. The van der Waals surface area contributed by atoms with Crippen LogP contribution in [0.25, 0.3) is 5.69 Å². The van der Waals surface area contributed by atoms with Gasteiger partial charge in [-0.25, -0.2) is 0 Å². The topological polar surface area (TPSA) is 76.4 Å². The predicted molar refractivity (Wildman–Crippen MR) is 122 cm³/mol. The molecule has 1 fully saturated rings. The first-order valence-corrected chi connectivity index (χ1v) is 9.87. The molecular weight excluding hydrogens is 467 g/mol. The minimum absolute atomic E-state index is 0. The van der Waals surface area contributed by atoms with Gasteiger partial charge in [0.1, 0.15) is 6.33 Å². The summed E-state index contributed by atoms with van der Waals surface area (Å²) >= 11 is 0. The number of rotatable bonds is 7. The van der Waals surface area contributed by atoms with E-state index in [0.29, 0.717) is 19.3 Å². The van der Waals surface area contributed by atoms with E-state index in [1.54, 1.807) is 13.4 Å². The highest BCUT2D eigenvalue weighted by atomic mass is 127. The Labute approximate surface area is 184 Å². The summed E-state index contributed by atoms with van der Waals surface area (Å²) in [7, 11) is 1.77. The first-order valence-electron chi connectivity index (χ1n) is 9.87. The normalized spacial score (nSPS) is 15.5. The van der Waals surface area contributed by atoms with Gasteiger partial charge < -0.3 is 15.4 Å². The Balaban J connectivity index is 0.00000280. The van der Waals surface area contributed by atoms with Crippen molar-refractivity contribution in [3.05, 3.63) is 42.5 Å². The second kappa shape index (κ2) is 12.7. The van der Waals surface area contributed by atoms with Gasteiger partial charge >= 0.3 is 0 Å². The first-order chi connectivity index (χ1) is 13.4. The number of halogens is 1. The zero-order valence-corrected chi connectivity index (χ0v) is 18.8. The Morgan fingerprint density at radius 3 is 2.61 bits per heavy atom. The van der Waals surface area contributed by atoms with E-state index < -0.39 is 0 Å². The summed E-state index contributed by atoms with van der Waals surface area (Å²) in [6.45, 7) is 1.98. The molecule has 1 saturated carbocycles. The molecule has 28 heavy (non-hydrogen) atoms. The Hall–Kier alpha value is -1.68. The maximum Gasteiger partial charge on any atom is 0.191 e. The van der Waals surface area contributed by atoms with Crippen LogP contribution in [-0.2, 0) is 11.3 Å². The molecule has 3 rings (SSSR count). The predicted octanol–water partition coefficient (Wildman–Crippen LogP) is 3.29. The maximum absolute atomic E-state index is 6.01. The Morgan fingerprint density at radius 1 is 1.14 bits per heavy atom. The largest absolute Gasteiger partial charge is 0.376 e. The quantitative estimate of drug-likeness (QED) is 0.202. The van der Waals surface area contributed by atoms with Gasteiger partial charge in [0.25, 0.3) is 0 Å². The molecule has 0 amide bonds. The first kappa shape index (κ1) is 22.6. The van der Waals surface area contributed by atoms with Crippen LogP contribution in [0.1, 0.15) is 44.3 Å². The highest BCUT2D eigenvalue weighted by Gasteiger charge is 2.12. The Morgan fingerprint density at radius 2 is 1.89 bits per heavy atom. The second-order valence-electron chi connectivity index (χ2n) is 6.79. The lowest BCUT2D eigenvalue weighted by Crippen LogP contribution is -2.39. The smallest absolute Gasteiger partial charge is 0.191 e. The SMILES string of the molecule is CN=C(NCCOC1CCCCCC1)NCc1nncn1-c1ccccc1.I. The molecule has 0 spiro atoms. The summed E-state index contributed by atoms with van der Waals surface area (Å²) in [6, 6.07) is 10.1.